The van der Waals surface area contributed by atoms with Crippen LogP contribution in [0.1, 0.15) is 0 Å². The van der Waals surface area contributed by atoms with Crippen LogP contribution in [-0.4, -0.2) is 17.7 Å². The second-order valence-electron chi connectivity index (χ2n) is 3.27. The van der Waals surface area contributed by atoms with Crippen LogP contribution in [-0.2, 0) is 0 Å². The van der Waals surface area contributed by atoms with Gasteiger partial charge in [-0.25, -0.2) is 0 Å². The summed E-state index contributed by atoms with van der Waals surface area (Å²) in [4.78, 5) is 0. The van der Waals surface area contributed by atoms with Crippen molar-refractivity contribution in [1.82, 2.24) is 9.45 Å². The Hall–Kier alpha value is -0.0931. The molecule has 0 unspecified atom stereocenters. The van der Waals surface area contributed by atoms with Gasteiger partial charge in [-0.2, -0.15) is 5.10 Å². The number of rotatable bonds is 1. The summed E-state index contributed by atoms with van der Waals surface area (Å²) in [6.07, 6.45) is 3.87. The molecule has 56 valence electrons. The second-order valence-corrected chi connectivity index (χ2v) is 8.99. The summed E-state index contributed by atoms with van der Waals surface area (Å²) < 4.78 is 3.13. The van der Waals surface area contributed by atoms with E-state index in [1.165, 1.54) is 0 Å². The fourth-order valence-corrected chi connectivity index (χ4v) is 2.07. The molecule has 0 radical (unpaired) electrons. The van der Waals surface area contributed by atoms with E-state index in [0.717, 1.165) is 4.47 Å². The first-order chi connectivity index (χ1) is 4.50. The molecule has 0 saturated carbocycles. The predicted octanol–water partition coefficient (Wildman–Crippen LogP) is 2.33. The van der Waals surface area contributed by atoms with Gasteiger partial charge in [0.1, 0.15) is 0 Å². The molecule has 1 heterocycles. The molecule has 0 saturated heterocycles. The lowest BCUT2D eigenvalue weighted by Crippen LogP contribution is -2.32. The van der Waals surface area contributed by atoms with Gasteiger partial charge in [0.05, 0.1) is 10.7 Å². The Kier molecular flexibility index (Phi) is 2.01. The van der Waals surface area contributed by atoms with Gasteiger partial charge >= 0.3 is 0 Å². The van der Waals surface area contributed by atoms with Crippen molar-refractivity contribution in [3.8, 4) is 0 Å². The van der Waals surface area contributed by atoms with Crippen LogP contribution in [0.5, 0.6) is 0 Å². The zero-order chi connectivity index (χ0) is 7.78. The van der Waals surface area contributed by atoms with Gasteiger partial charge in [0.25, 0.3) is 0 Å². The summed E-state index contributed by atoms with van der Waals surface area (Å²) in [5.41, 5.74) is 0. The molecule has 0 atom stereocenters. The zero-order valence-corrected chi connectivity index (χ0v) is 9.01. The molecule has 0 amide bonds. The average Bonchev–Trinajstić information content (AvgIpc) is 2.11. The van der Waals surface area contributed by atoms with Crippen LogP contribution in [0.15, 0.2) is 16.9 Å². The lowest BCUT2D eigenvalue weighted by atomic mass is 10.8. The maximum absolute atomic E-state index is 4.22. The Morgan fingerprint density at radius 2 is 2.10 bits per heavy atom. The van der Waals surface area contributed by atoms with Crippen LogP contribution in [0.3, 0.4) is 0 Å². The van der Waals surface area contributed by atoms with Gasteiger partial charge in [0.15, 0.2) is 8.24 Å². The number of halogens is 1. The molecule has 0 spiro atoms. The molecule has 0 aliphatic rings. The highest BCUT2D eigenvalue weighted by Gasteiger charge is 2.16. The molecule has 1 rings (SSSR count). The van der Waals surface area contributed by atoms with Crippen molar-refractivity contribution in [2.45, 2.75) is 19.6 Å². The summed E-state index contributed by atoms with van der Waals surface area (Å²) in [7, 11) is -1.24. The third kappa shape index (κ3) is 1.70. The first kappa shape index (κ1) is 8.01. The van der Waals surface area contributed by atoms with Gasteiger partial charge in [-0.05, 0) is 35.6 Å². The molecule has 10 heavy (non-hydrogen) atoms. The van der Waals surface area contributed by atoms with Gasteiger partial charge in [0.2, 0.25) is 0 Å². The predicted molar refractivity (Wildman–Crippen MR) is 48.7 cm³/mol. The Morgan fingerprint density at radius 3 is 2.30 bits per heavy atom. The van der Waals surface area contributed by atoms with E-state index < -0.39 is 8.24 Å². The summed E-state index contributed by atoms with van der Waals surface area (Å²) in [5.74, 6) is 0. The highest BCUT2D eigenvalue weighted by atomic mass is 79.9. The molecular formula is C6H11BrN2Si. The van der Waals surface area contributed by atoms with E-state index in [-0.39, 0.29) is 0 Å². The van der Waals surface area contributed by atoms with E-state index in [2.05, 4.69) is 45.0 Å². The number of nitrogens with zero attached hydrogens (tertiary/aromatic N) is 2. The van der Waals surface area contributed by atoms with E-state index in [1.54, 1.807) is 0 Å². The first-order valence-electron chi connectivity index (χ1n) is 3.21. The summed E-state index contributed by atoms with van der Waals surface area (Å²) in [6, 6.07) is 0. The number of hydrogen-bond acceptors (Lipinski definition) is 1. The third-order valence-electron chi connectivity index (χ3n) is 1.24. The Labute approximate surface area is 70.5 Å². The van der Waals surface area contributed by atoms with Gasteiger partial charge in [0, 0.05) is 6.20 Å². The molecule has 2 nitrogen and oxygen atoms in total. The summed E-state index contributed by atoms with van der Waals surface area (Å²) in [6.45, 7) is 6.77. The standard InChI is InChI=1S/C6H11BrN2Si/c1-10(2,3)9-5-6(7)4-8-9/h4-5H,1-3H3. The second kappa shape index (κ2) is 2.51. The highest BCUT2D eigenvalue weighted by molar-refractivity contribution is 9.10. The average molecular weight is 219 g/mol. The molecule has 0 aromatic carbocycles. The fourth-order valence-electron chi connectivity index (χ4n) is 0.668. The van der Waals surface area contributed by atoms with Crippen molar-refractivity contribution in [3.05, 3.63) is 16.9 Å². The minimum atomic E-state index is -1.24. The van der Waals surface area contributed by atoms with E-state index in [1.807, 2.05) is 12.4 Å². The van der Waals surface area contributed by atoms with Crippen LogP contribution in [0.4, 0.5) is 0 Å². The maximum Gasteiger partial charge on any atom is 0.176 e. The Bertz CT molecular complexity index is 226. The zero-order valence-electron chi connectivity index (χ0n) is 6.43. The molecular weight excluding hydrogens is 208 g/mol. The molecule has 0 bridgehead atoms. The smallest absolute Gasteiger partial charge is 0.176 e. The molecule has 0 aliphatic carbocycles. The molecule has 0 fully saturated rings. The Balaban J connectivity index is 2.96. The number of aromatic nitrogens is 2. The van der Waals surface area contributed by atoms with Crippen molar-refractivity contribution in [1.29, 1.82) is 0 Å². The van der Waals surface area contributed by atoms with Crippen molar-refractivity contribution in [2.75, 3.05) is 0 Å². The van der Waals surface area contributed by atoms with Gasteiger partial charge in [-0.15, -0.1) is 0 Å². The lowest BCUT2D eigenvalue weighted by molar-refractivity contribution is 0.934. The Morgan fingerprint density at radius 1 is 1.50 bits per heavy atom. The van der Waals surface area contributed by atoms with Crippen LogP contribution in [0.2, 0.25) is 19.6 Å². The summed E-state index contributed by atoms with van der Waals surface area (Å²) >= 11 is 3.36. The van der Waals surface area contributed by atoms with Crippen molar-refractivity contribution < 1.29 is 0 Å². The minimum absolute atomic E-state index is 1.06. The fraction of sp³-hybridized carbons (Fsp3) is 0.500. The molecule has 1 aromatic heterocycles. The lowest BCUT2D eigenvalue weighted by Gasteiger charge is -2.15. The summed E-state index contributed by atoms with van der Waals surface area (Å²) in [5, 5.41) is 4.22. The molecule has 4 heteroatoms. The van der Waals surface area contributed by atoms with Crippen molar-refractivity contribution in [3.63, 3.8) is 0 Å². The van der Waals surface area contributed by atoms with E-state index in [4.69, 9.17) is 0 Å². The monoisotopic (exact) mass is 218 g/mol. The largest absolute Gasteiger partial charge is 0.301 e. The van der Waals surface area contributed by atoms with E-state index >= 15 is 0 Å². The van der Waals surface area contributed by atoms with Crippen LogP contribution in [0.25, 0.3) is 0 Å². The minimum Gasteiger partial charge on any atom is -0.301 e. The van der Waals surface area contributed by atoms with E-state index in [0.29, 0.717) is 0 Å². The first-order valence-corrected chi connectivity index (χ1v) is 7.45. The topological polar surface area (TPSA) is 17.8 Å². The normalized spacial score (nSPS) is 12.0. The van der Waals surface area contributed by atoms with E-state index in [9.17, 15) is 0 Å². The van der Waals surface area contributed by atoms with Crippen LogP contribution >= 0.6 is 15.9 Å². The SMILES string of the molecule is C[Si](C)(C)n1cc(Br)cn1. The quantitative estimate of drug-likeness (QED) is 0.663. The van der Waals surface area contributed by atoms with Gasteiger partial charge in [-0.3, -0.25) is 0 Å². The number of hydrogen-bond donors (Lipinski definition) is 0. The third-order valence-corrected chi connectivity index (χ3v) is 3.27. The molecule has 1 aromatic rings. The van der Waals surface area contributed by atoms with Gasteiger partial charge < -0.3 is 4.35 Å². The highest BCUT2D eigenvalue weighted by Crippen LogP contribution is 2.11. The van der Waals surface area contributed by atoms with Crippen LogP contribution in [0, 0.1) is 0 Å². The molecule has 0 aliphatic heterocycles. The van der Waals surface area contributed by atoms with Crippen molar-refractivity contribution in [2.24, 2.45) is 0 Å². The van der Waals surface area contributed by atoms with Gasteiger partial charge in [-0.1, -0.05) is 0 Å². The van der Waals surface area contributed by atoms with Crippen molar-refractivity contribution >= 4 is 24.2 Å². The van der Waals surface area contributed by atoms with Crippen LogP contribution < -0.4 is 0 Å². The maximum atomic E-state index is 4.22. The molecule has 0 N–H and O–H groups in total.